The summed E-state index contributed by atoms with van der Waals surface area (Å²) in [4.78, 5) is 0. The van der Waals surface area contributed by atoms with Crippen LogP contribution in [0.15, 0.2) is 6.07 Å². The second kappa shape index (κ2) is 3.52. The van der Waals surface area contributed by atoms with Gasteiger partial charge in [0, 0.05) is 11.6 Å². The zero-order valence-electron chi connectivity index (χ0n) is 8.57. The Morgan fingerprint density at radius 1 is 1.27 bits per heavy atom. The molecule has 1 N–H and O–H groups in total. The lowest BCUT2D eigenvalue weighted by atomic mass is 10.0. The fourth-order valence-corrected chi connectivity index (χ4v) is 2.34. The van der Waals surface area contributed by atoms with E-state index >= 15 is 0 Å². The highest BCUT2D eigenvalue weighted by molar-refractivity contribution is 5.38. The van der Waals surface area contributed by atoms with Crippen molar-refractivity contribution < 1.29 is 13.2 Å². The van der Waals surface area contributed by atoms with E-state index in [-0.39, 0.29) is 17.5 Å². The van der Waals surface area contributed by atoms with Gasteiger partial charge in [0.15, 0.2) is 17.5 Å². The van der Waals surface area contributed by atoms with E-state index in [0.29, 0.717) is 12.0 Å². The molecule has 0 fully saturated rings. The van der Waals surface area contributed by atoms with Gasteiger partial charge in [0.05, 0.1) is 0 Å². The Bertz CT molecular complexity index is 403. The summed E-state index contributed by atoms with van der Waals surface area (Å²) in [5.41, 5.74) is 0.849. The lowest BCUT2D eigenvalue weighted by Gasteiger charge is -2.16. The van der Waals surface area contributed by atoms with Gasteiger partial charge in [-0.3, -0.25) is 0 Å². The quantitative estimate of drug-likeness (QED) is 0.710. The molecule has 2 rings (SSSR count). The van der Waals surface area contributed by atoms with Crippen LogP contribution in [0, 0.1) is 23.4 Å². The smallest absolute Gasteiger partial charge is 0.194 e. The van der Waals surface area contributed by atoms with Gasteiger partial charge in [-0.15, -0.1) is 0 Å². The van der Waals surface area contributed by atoms with Crippen molar-refractivity contribution >= 4 is 0 Å². The fraction of sp³-hybridized carbons (Fsp3) is 0.455. The summed E-state index contributed by atoms with van der Waals surface area (Å²) in [6.45, 7) is 1.93. The average molecular weight is 215 g/mol. The van der Waals surface area contributed by atoms with E-state index < -0.39 is 17.5 Å². The van der Waals surface area contributed by atoms with E-state index in [1.54, 1.807) is 7.05 Å². The minimum atomic E-state index is -1.37. The molecule has 4 heteroatoms. The first-order chi connectivity index (χ1) is 7.06. The predicted molar refractivity (Wildman–Crippen MR) is 51.0 cm³/mol. The summed E-state index contributed by atoms with van der Waals surface area (Å²) in [5, 5.41) is 2.93. The normalized spacial score (nSPS) is 24.3. The third kappa shape index (κ3) is 1.44. The molecule has 82 valence electrons. The molecule has 2 atom stereocenters. The van der Waals surface area contributed by atoms with Crippen molar-refractivity contribution in [2.45, 2.75) is 19.4 Å². The number of rotatable bonds is 1. The van der Waals surface area contributed by atoms with Crippen molar-refractivity contribution in [2.24, 2.45) is 5.92 Å². The van der Waals surface area contributed by atoms with Crippen LogP contribution in [0.5, 0.6) is 0 Å². The summed E-state index contributed by atoms with van der Waals surface area (Å²) >= 11 is 0. The molecule has 1 aromatic rings. The van der Waals surface area contributed by atoms with Gasteiger partial charge in [0.2, 0.25) is 0 Å². The Labute approximate surface area is 86.3 Å². The van der Waals surface area contributed by atoms with Gasteiger partial charge in [0.1, 0.15) is 0 Å². The van der Waals surface area contributed by atoms with Crippen LogP contribution in [0.2, 0.25) is 0 Å². The van der Waals surface area contributed by atoms with Crippen LogP contribution in [0.1, 0.15) is 24.1 Å². The number of fused-ring (bicyclic) bond motifs is 1. The van der Waals surface area contributed by atoms with Crippen LogP contribution in [0.25, 0.3) is 0 Å². The van der Waals surface area contributed by atoms with E-state index in [1.165, 1.54) is 0 Å². The second-order valence-electron chi connectivity index (χ2n) is 4.01. The van der Waals surface area contributed by atoms with E-state index in [2.05, 4.69) is 5.32 Å². The molecule has 2 unspecified atom stereocenters. The summed E-state index contributed by atoms with van der Waals surface area (Å²) in [5.74, 6) is -3.37. The molecule has 0 aromatic heterocycles. The second-order valence-corrected chi connectivity index (χ2v) is 4.01. The third-order valence-corrected chi connectivity index (χ3v) is 3.02. The topological polar surface area (TPSA) is 12.0 Å². The summed E-state index contributed by atoms with van der Waals surface area (Å²) < 4.78 is 39.5. The molecule has 1 aliphatic rings. The largest absolute Gasteiger partial charge is 0.313 e. The highest BCUT2D eigenvalue weighted by atomic mass is 19.2. The van der Waals surface area contributed by atoms with Gasteiger partial charge in [-0.05, 0) is 31.0 Å². The van der Waals surface area contributed by atoms with Gasteiger partial charge >= 0.3 is 0 Å². The molecule has 0 amide bonds. The maximum absolute atomic E-state index is 13.5. The first-order valence-corrected chi connectivity index (χ1v) is 4.89. The summed E-state index contributed by atoms with van der Waals surface area (Å²) in [7, 11) is 1.69. The van der Waals surface area contributed by atoms with Crippen molar-refractivity contribution in [3.63, 3.8) is 0 Å². The van der Waals surface area contributed by atoms with Crippen LogP contribution in [-0.2, 0) is 6.42 Å². The summed E-state index contributed by atoms with van der Waals surface area (Å²) in [6, 6.07) is 0.872. The molecule has 0 saturated heterocycles. The predicted octanol–water partition coefficient (Wildman–Crippen LogP) is 2.56. The molecular weight excluding hydrogens is 203 g/mol. The minimum absolute atomic E-state index is 0.153. The van der Waals surface area contributed by atoms with E-state index in [1.807, 2.05) is 6.92 Å². The number of benzene rings is 1. The van der Waals surface area contributed by atoms with Gasteiger partial charge in [-0.1, -0.05) is 6.92 Å². The van der Waals surface area contributed by atoms with Crippen LogP contribution in [0.4, 0.5) is 13.2 Å². The lowest BCUT2D eigenvalue weighted by Crippen LogP contribution is -2.20. The molecule has 0 radical (unpaired) electrons. The monoisotopic (exact) mass is 215 g/mol. The van der Waals surface area contributed by atoms with Crippen LogP contribution in [0.3, 0.4) is 0 Å². The van der Waals surface area contributed by atoms with Gasteiger partial charge < -0.3 is 5.32 Å². The maximum Gasteiger partial charge on any atom is 0.194 e. The number of halogens is 3. The number of hydrogen-bond donors (Lipinski definition) is 1. The van der Waals surface area contributed by atoms with E-state index in [9.17, 15) is 13.2 Å². The van der Waals surface area contributed by atoms with Crippen molar-refractivity contribution in [1.82, 2.24) is 5.32 Å². The van der Waals surface area contributed by atoms with Crippen molar-refractivity contribution in [1.29, 1.82) is 0 Å². The molecule has 0 spiro atoms. The molecule has 15 heavy (non-hydrogen) atoms. The zero-order valence-corrected chi connectivity index (χ0v) is 8.57. The highest BCUT2D eigenvalue weighted by Crippen LogP contribution is 2.38. The molecule has 1 nitrogen and oxygen atoms in total. The SMILES string of the molecule is CNC1c2c(cc(F)c(F)c2F)CC1C. The van der Waals surface area contributed by atoms with E-state index in [4.69, 9.17) is 0 Å². The van der Waals surface area contributed by atoms with Gasteiger partial charge in [-0.2, -0.15) is 0 Å². The van der Waals surface area contributed by atoms with Crippen molar-refractivity contribution in [3.05, 3.63) is 34.6 Å². The fourth-order valence-electron chi connectivity index (χ4n) is 2.34. The van der Waals surface area contributed by atoms with Crippen molar-refractivity contribution in [3.8, 4) is 0 Å². The van der Waals surface area contributed by atoms with E-state index in [0.717, 1.165) is 6.07 Å². The zero-order chi connectivity index (χ0) is 11.2. The Hall–Kier alpha value is -1.03. The Morgan fingerprint density at radius 3 is 2.53 bits per heavy atom. The standard InChI is InChI=1S/C11H12F3N/c1-5-3-6-4-7(12)9(13)10(14)8(6)11(5)15-2/h4-5,11,15H,3H2,1-2H3. The lowest BCUT2D eigenvalue weighted by molar-refractivity contribution is 0.410. The Kier molecular flexibility index (Phi) is 2.46. The molecule has 0 bridgehead atoms. The Morgan fingerprint density at radius 2 is 1.93 bits per heavy atom. The van der Waals surface area contributed by atoms with Crippen LogP contribution in [-0.4, -0.2) is 7.05 Å². The van der Waals surface area contributed by atoms with Gasteiger partial charge in [-0.25, -0.2) is 13.2 Å². The van der Waals surface area contributed by atoms with Crippen LogP contribution < -0.4 is 5.32 Å². The molecular formula is C11H12F3N. The third-order valence-electron chi connectivity index (χ3n) is 3.02. The average Bonchev–Trinajstić information content (AvgIpc) is 2.50. The maximum atomic E-state index is 13.5. The first-order valence-electron chi connectivity index (χ1n) is 4.89. The number of nitrogens with one attached hydrogen (secondary N) is 1. The number of hydrogen-bond acceptors (Lipinski definition) is 1. The molecule has 0 heterocycles. The van der Waals surface area contributed by atoms with Crippen molar-refractivity contribution in [2.75, 3.05) is 7.05 Å². The van der Waals surface area contributed by atoms with Crippen LogP contribution >= 0.6 is 0 Å². The molecule has 0 saturated carbocycles. The Balaban J connectivity index is 2.61. The molecule has 1 aromatic carbocycles. The summed E-state index contributed by atoms with van der Waals surface area (Å²) in [6.07, 6.45) is 0.578. The highest BCUT2D eigenvalue weighted by Gasteiger charge is 2.33. The van der Waals surface area contributed by atoms with Gasteiger partial charge in [0.25, 0.3) is 0 Å². The molecule has 0 aliphatic heterocycles. The molecule has 1 aliphatic carbocycles. The first kappa shape index (κ1) is 10.5. The minimum Gasteiger partial charge on any atom is -0.313 e.